The van der Waals surface area contributed by atoms with E-state index in [1.54, 1.807) is 60.7 Å². The number of nitriles is 1. The Bertz CT molecular complexity index is 1020. The summed E-state index contributed by atoms with van der Waals surface area (Å²) in [7, 11) is 0. The predicted octanol–water partition coefficient (Wildman–Crippen LogP) is 6.09. The molecule has 2 unspecified atom stereocenters. The van der Waals surface area contributed by atoms with Crippen molar-refractivity contribution in [1.29, 1.82) is 5.26 Å². The maximum Gasteiger partial charge on any atom is 0.181 e. The Labute approximate surface area is 179 Å². The highest BCUT2D eigenvalue weighted by molar-refractivity contribution is 6.31. The van der Waals surface area contributed by atoms with E-state index in [0.717, 1.165) is 5.57 Å². The fraction of sp³-hybridized carbons (Fsp3) is 0.208. The summed E-state index contributed by atoms with van der Waals surface area (Å²) in [4.78, 5) is 27.6. The summed E-state index contributed by atoms with van der Waals surface area (Å²) in [6.45, 7) is 0. The van der Waals surface area contributed by atoms with E-state index in [4.69, 9.17) is 23.2 Å². The van der Waals surface area contributed by atoms with Crippen LogP contribution in [-0.4, -0.2) is 11.6 Å². The average Bonchev–Trinajstić information content (AvgIpc) is 3.17. The van der Waals surface area contributed by atoms with Gasteiger partial charge in [0.2, 0.25) is 0 Å². The molecular weight excluding hydrogens is 405 g/mol. The minimum atomic E-state index is -1.39. The zero-order valence-electron chi connectivity index (χ0n) is 15.4. The molecule has 5 heteroatoms. The van der Waals surface area contributed by atoms with Crippen LogP contribution in [0.3, 0.4) is 0 Å². The van der Waals surface area contributed by atoms with Gasteiger partial charge in [-0.2, -0.15) is 5.26 Å². The highest BCUT2D eigenvalue weighted by Crippen LogP contribution is 2.52. The summed E-state index contributed by atoms with van der Waals surface area (Å²) in [5.41, 5.74) is 0.308. The molecule has 0 radical (unpaired) electrons. The lowest BCUT2D eigenvalue weighted by molar-refractivity contribution is 0.0662. The lowest BCUT2D eigenvalue weighted by Crippen LogP contribution is -2.45. The number of rotatable bonds is 4. The second kappa shape index (κ2) is 7.63. The van der Waals surface area contributed by atoms with Crippen molar-refractivity contribution >= 4 is 34.8 Å². The molecule has 1 saturated carbocycles. The SMILES string of the molecule is N#CC1CCC2C1=CC=CC2(C(=O)c1ccc(Cl)cc1)C(=O)c1ccc(Cl)cc1. The summed E-state index contributed by atoms with van der Waals surface area (Å²) < 4.78 is 0. The van der Waals surface area contributed by atoms with Crippen molar-refractivity contribution in [2.24, 2.45) is 17.3 Å². The van der Waals surface area contributed by atoms with Gasteiger partial charge in [0.1, 0.15) is 5.41 Å². The third kappa shape index (κ3) is 3.23. The Morgan fingerprint density at radius 2 is 1.41 bits per heavy atom. The maximum atomic E-state index is 13.8. The van der Waals surface area contributed by atoms with Crippen LogP contribution in [0.5, 0.6) is 0 Å². The zero-order valence-corrected chi connectivity index (χ0v) is 17.0. The number of Topliss-reactive ketones (excluding diaryl/α,β-unsaturated/α-hetero) is 2. The molecule has 0 aliphatic heterocycles. The highest BCUT2D eigenvalue weighted by Gasteiger charge is 2.55. The highest BCUT2D eigenvalue weighted by atomic mass is 35.5. The molecule has 29 heavy (non-hydrogen) atoms. The first-order valence-corrected chi connectivity index (χ1v) is 10.1. The van der Waals surface area contributed by atoms with E-state index in [9.17, 15) is 14.9 Å². The van der Waals surface area contributed by atoms with Crippen LogP contribution in [0.4, 0.5) is 0 Å². The Kier molecular flexibility index (Phi) is 5.17. The molecule has 2 aromatic carbocycles. The van der Waals surface area contributed by atoms with Gasteiger partial charge in [0.15, 0.2) is 11.6 Å². The summed E-state index contributed by atoms with van der Waals surface area (Å²) >= 11 is 12.0. The molecule has 1 fully saturated rings. The van der Waals surface area contributed by atoms with Crippen molar-refractivity contribution in [2.45, 2.75) is 12.8 Å². The van der Waals surface area contributed by atoms with Crippen LogP contribution in [0, 0.1) is 28.6 Å². The van der Waals surface area contributed by atoms with Crippen molar-refractivity contribution in [3.63, 3.8) is 0 Å². The van der Waals surface area contributed by atoms with Crippen LogP contribution in [0.1, 0.15) is 33.6 Å². The number of allylic oxidation sites excluding steroid dienone is 4. The molecule has 2 aromatic rings. The van der Waals surface area contributed by atoms with E-state index in [0.29, 0.717) is 34.0 Å². The number of benzene rings is 2. The molecule has 3 nitrogen and oxygen atoms in total. The minimum absolute atomic E-state index is 0.277. The minimum Gasteiger partial charge on any atom is -0.293 e. The molecule has 2 aliphatic carbocycles. The van der Waals surface area contributed by atoms with Crippen molar-refractivity contribution in [1.82, 2.24) is 0 Å². The van der Waals surface area contributed by atoms with Gasteiger partial charge in [0.25, 0.3) is 0 Å². The summed E-state index contributed by atoms with van der Waals surface area (Å²) in [5, 5.41) is 10.6. The van der Waals surface area contributed by atoms with E-state index < -0.39 is 5.41 Å². The van der Waals surface area contributed by atoms with Gasteiger partial charge in [-0.05, 0) is 66.9 Å². The second-order valence-electron chi connectivity index (χ2n) is 7.38. The average molecular weight is 422 g/mol. The first kappa shape index (κ1) is 19.6. The van der Waals surface area contributed by atoms with Crippen LogP contribution in [0.25, 0.3) is 0 Å². The molecule has 0 bridgehead atoms. The molecule has 2 aliphatic rings. The van der Waals surface area contributed by atoms with E-state index in [-0.39, 0.29) is 23.4 Å². The van der Waals surface area contributed by atoms with Gasteiger partial charge in [0.05, 0.1) is 12.0 Å². The number of nitrogens with zero attached hydrogens (tertiary/aromatic N) is 1. The van der Waals surface area contributed by atoms with Gasteiger partial charge in [-0.3, -0.25) is 9.59 Å². The van der Waals surface area contributed by atoms with Gasteiger partial charge < -0.3 is 0 Å². The normalized spacial score (nSPS) is 21.8. The smallest absolute Gasteiger partial charge is 0.181 e. The molecule has 0 aromatic heterocycles. The second-order valence-corrected chi connectivity index (χ2v) is 8.25. The number of carbonyl (C=O) groups is 2. The van der Waals surface area contributed by atoms with Crippen LogP contribution in [0.2, 0.25) is 10.0 Å². The first-order chi connectivity index (χ1) is 14.0. The number of ketones is 2. The van der Waals surface area contributed by atoms with Crippen molar-refractivity contribution in [3.8, 4) is 6.07 Å². The summed E-state index contributed by atoms with van der Waals surface area (Å²) in [6.07, 6.45) is 6.57. The van der Waals surface area contributed by atoms with E-state index in [1.807, 2.05) is 6.08 Å². The fourth-order valence-electron chi connectivity index (χ4n) is 4.45. The number of hydrogen-bond acceptors (Lipinski definition) is 3. The van der Waals surface area contributed by atoms with Crippen LogP contribution in [-0.2, 0) is 0 Å². The molecule has 144 valence electrons. The summed E-state index contributed by atoms with van der Waals surface area (Å²) in [6, 6.07) is 15.5. The molecular formula is C24H17Cl2NO2. The van der Waals surface area contributed by atoms with Crippen LogP contribution in [0.15, 0.2) is 72.3 Å². The monoisotopic (exact) mass is 421 g/mol. The predicted molar refractivity (Wildman–Crippen MR) is 113 cm³/mol. The third-order valence-corrected chi connectivity index (χ3v) is 6.37. The van der Waals surface area contributed by atoms with E-state index in [1.165, 1.54) is 0 Å². The quantitative estimate of drug-likeness (QED) is 0.443. The Balaban J connectivity index is 1.87. The first-order valence-electron chi connectivity index (χ1n) is 9.37. The molecule has 2 atom stereocenters. The van der Waals surface area contributed by atoms with Crippen molar-refractivity contribution in [3.05, 3.63) is 93.5 Å². The standard InChI is InChI=1S/C24H17Cl2NO2/c25-18-8-3-15(4-9-18)22(28)24(23(29)16-5-10-19(26)11-6-16)13-1-2-20-17(14-27)7-12-21(20)24/h1-6,8-11,13,17,21H,7,12H2. The van der Waals surface area contributed by atoms with Crippen molar-refractivity contribution < 1.29 is 9.59 Å². The molecule has 0 saturated heterocycles. The largest absolute Gasteiger partial charge is 0.293 e. The summed E-state index contributed by atoms with van der Waals surface area (Å²) in [5.74, 6) is -1.18. The van der Waals surface area contributed by atoms with Gasteiger partial charge >= 0.3 is 0 Å². The van der Waals surface area contributed by atoms with Gasteiger partial charge in [-0.1, -0.05) is 41.4 Å². The lowest BCUT2D eigenvalue weighted by atomic mass is 9.62. The van der Waals surface area contributed by atoms with E-state index in [2.05, 4.69) is 6.07 Å². The molecule has 4 rings (SSSR count). The number of carbonyl (C=O) groups excluding carboxylic acids is 2. The number of halogens is 2. The Morgan fingerprint density at radius 3 is 1.90 bits per heavy atom. The lowest BCUT2D eigenvalue weighted by Gasteiger charge is -2.37. The topological polar surface area (TPSA) is 57.9 Å². The van der Waals surface area contributed by atoms with Crippen molar-refractivity contribution in [2.75, 3.05) is 0 Å². The number of fused-ring (bicyclic) bond motifs is 1. The van der Waals surface area contributed by atoms with Crippen LogP contribution < -0.4 is 0 Å². The molecule has 0 N–H and O–H groups in total. The Hall–Kier alpha value is -2.67. The fourth-order valence-corrected chi connectivity index (χ4v) is 4.70. The van der Waals surface area contributed by atoms with Crippen LogP contribution >= 0.6 is 23.2 Å². The maximum absolute atomic E-state index is 13.8. The molecule has 0 amide bonds. The molecule has 0 heterocycles. The zero-order chi connectivity index (χ0) is 20.6. The Morgan fingerprint density at radius 1 is 0.897 bits per heavy atom. The van der Waals surface area contributed by atoms with E-state index >= 15 is 0 Å². The number of hydrogen-bond donors (Lipinski definition) is 0. The molecule has 0 spiro atoms. The van der Waals surface area contributed by atoms with Gasteiger partial charge in [0, 0.05) is 27.1 Å². The third-order valence-electron chi connectivity index (χ3n) is 5.87. The van der Waals surface area contributed by atoms with Gasteiger partial charge in [-0.15, -0.1) is 0 Å². The van der Waals surface area contributed by atoms with Gasteiger partial charge in [-0.25, -0.2) is 0 Å².